The first-order valence-electron chi connectivity index (χ1n) is 4.67. The van der Waals surface area contributed by atoms with Crippen molar-refractivity contribution in [2.24, 2.45) is 0 Å². The Labute approximate surface area is 101 Å². The number of carboxylic acid groups (broad SMARTS) is 1. The molecule has 0 fully saturated rings. The molecule has 3 nitrogen and oxygen atoms in total. The van der Waals surface area contributed by atoms with Crippen LogP contribution in [0, 0.1) is 6.92 Å². The van der Waals surface area contributed by atoms with E-state index in [1.54, 1.807) is 0 Å². The summed E-state index contributed by atoms with van der Waals surface area (Å²) in [7, 11) is 0. The molecule has 2 aromatic rings. The molecule has 0 saturated heterocycles. The Kier molecular flexibility index (Phi) is 2.83. The second kappa shape index (κ2) is 4.14. The van der Waals surface area contributed by atoms with Crippen LogP contribution < -0.4 is 0 Å². The fourth-order valence-electron chi connectivity index (χ4n) is 1.52. The van der Waals surface area contributed by atoms with E-state index >= 15 is 0 Å². The quantitative estimate of drug-likeness (QED) is 0.855. The molecule has 4 heteroatoms. The number of aryl methyl sites for hydroxylation is 1. The van der Waals surface area contributed by atoms with Crippen molar-refractivity contribution in [1.82, 2.24) is 0 Å². The third-order valence-corrected chi connectivity index (χ3v) is 2.81. The van der Waals surface area contributed by atoms with Gasteiger partial charge >= 0.3 is 5.97 Å². The molecule has 0 saturated carbocycles. The van der Waals surface area contributed by atoms with E-state index in [1.807, 2.05) is 25.1 Å². The minimum Gasteiger partial charge on any atom is -0.478 e. The molecule has 0 amide bonds. The van der Waals surface area contributed by atoms with Crippen LogP contribution in [0.2, 0.25) is 0 Å². The van der Waals surface area contributed by atoms with Crippen LogP contribution in [0.25, 0.3) is 17.0 Å². The minimum atomic E-state index is -0.985. The molecule has 0 aliphatic carbocycles. The van der Waals surface area contributed by atoms with Crippen LogP contribution in [0.15, 0.2) is 33.2 Å². The van der Waals surface area contributed by atoms with Gasteiger partial charge in [0.2, 0.25) is 0 Å². The summed E-state index contributed by atoms with van der Waals surface area (Å²) in [5, 5.41) is 9.53. The van der Waals surface area contributed by atoms with Gasteiger partial charge in [-0.05, 0) is 31.2 Å². The average molecular weight is 281 g/mol. The van der Waals surface area contributed by atoms with Gasteiger partial charge in [-0.15, -0.1) is 0 Å². The zero-order valence-electron chi connectivity index (χ0n) is 8.53. The maximum absolute atomic E-state index is 10.4. The number of halogens is 1. The summed E-state index contributed by atoms with van der Waals surface area (Å²) in [6.07, 6.45) is 2.53. The van der Waals surface area contributed by atoms with Crippen molar-refractivity contribution in [2.75, 3.05) is 0 Å². The number of benzene rings is 1. The van der Waals surface area contributed by atoms with Gasteiger partial charge in [0.1, 0.15) is 11.3 Å². The van der Waals surface area contributed by atoms with Crippen LogP contribution >= 0.6 is 15.9 Å². The maximum Gasteiger partial charge on any atom is 0.328 e. The summed E-state index contributed by atoms with van der Waals surface area (Å²) in [6.45, 7) is 1.90. The Morgan fingerprint density at radius 3 is 2.94 bits per heavy atom. The van der Waals surface area contributed by atoms with Crippen molar-refractivity contribution in [3.63, 3.8) is 0 Å². The number of furan rings is 1. The number of rotatable bonds is 2. The Bertz CT molecular complexity index is 581. The number of hydrogen-bond donors (Lipinski definition) is 1. The van der Waals surface area contributed by atoms with Crippen LogP contribution in [0.4, 0.5) is 0 Å². The highest BCUT2D eigenvalue weighted by Crippen LogP contribution is 2.28. The van der Waals surface area contributed by atoms with Crippen LogP contribution in [-0.4, -0.2) is 11.1 Å². The predicted molar refractivity (Wildman–Crippen MR) is 65.3 cm³/mol. The lowest BCUT2D eigenvalue weighted by molar-refractivity contribution is -0.131. The average Bonchev–Trinajstić information content (AvgIpc) is 2.53. The van der Waals surface area contributed by atoms with Crippen molar-refractivity contribution in [2.45, 2.75) is 6.92 Å². The Morgan fingerprint density at radius 2 is 2.25 bits per heavy atom. The summed E-state index contributed by atoms with van der Waals surface area (Å²) in [5.41, 5.74) is 1.69. The molecular formula is C12H9BrO3. The van der Waals surface area contributed by atoms with Gasteiger partial charge in [-0.3, -0.25) is 0 Å². The summed E-state index contributed by atoms with van der Waals surface area (Å²) < 4.78 is 6.50. The van der Waals surface area contributed by atoms with E-state index in [0.29, 0.717) is 5.76 Å². The van der Waals surface area contributed by atoms with E-state index in [-0.39, 0.29) is 0 Å². The van der Waals surface area contributed by atoms with Crippen molar-refractivity contribution >= 4 is 38.9 Å². The molecule has 0 atom stereocenters. The molecule has 1 aromatic carbocycles. The molecular weight excluding hydrogens is 272 g/mol. The van der Waals surface area contributed by atoms with Gasteiger partial charge in [-0.1, -0.05) is 15.9 Å². The molecule has 16 heavy (non-hydrogen) atoms. The summed E-state index contributed by atoms with van der Waals surface area (Å²) in [6, 6.07) is 5.69. The molecule has 1 N–H and O–H groups in total. The van der Waals surface area contributed by atoms with Gasteiger partial charge in [-0.25, -0.2) is 4.79 Å². The number of carbonyl (C=O) groups is 1. The first-order valence-corrected chi connectivity index (χ1v) is 5.47. The number of fused-ring (bicyclic) bond motifs is 1. The Balaban J connectivity index is 2.56. The molecule has 1 aromatic heterocycles. The zero-order valence-corrected chi connectivity index (χ0v) is 10.1. The highest BCUT2D eigenvalue weighted by atomic mass is 79.9. The molecule has 0 aliphatic rings. The van der Waals surface area contributed by atoms with Crippen LogP contribution in [-0.2, 0) is 4.79 Å². The standard InChI is InChI=1S/C12H9BrO3/c1-7-9-6-8(13)2-3-11(9)16-10(7)4-5-12(14)15/h2-6H,1H3,(H,14,15). The zero-order chi connectivity index (χ0) is 11.7. The van der Waals surface area contributed by atoms with E-state index in [0.717, 1.165) is 27.1 Å². The fourth-order valence-corrected chi connectivity index (χ4v) is 1.88. The molecule has 0 radical (unpaired) electrons. The predicted octanol–water partition coefficient (Wildman–Crippen LogP) is 3.60. The van der Waals surface area contributed by atoms with E-state index in [9.17, 15) is 4.79 Å². The van der Waals surface area contributed by atoms with Crippen LogP contribution in [0.1, 0.15) is 11.3 Å². The van der Waals surface area contributed by atoms with Crippen molar-refractivity contribution in [1.29, 1.82) is 0 Å². The molecule has 0 unspecified atom stereocenters. The number of aliphatic carboxylic acids is 1. The van der Waals surface area contributed by atoms with Crippen molar-refractivity contribution in [3.8, 4) is 0 Å². The monoisotopic (exact) mass is 280 g/mol. The lowest BCUT2D eigenvalue weighted by Crippen LogP contribution is -1.85. The molecule has 82 valence electrons. The fraction of sp³-hybridized carbons (Fsp3) is 0.0833. The van der Waals surface area contributed by atoms with Gasteiger partial charge in [0.15, 0.2) is 0 Å². The van der Waals surface area contributed by atoms with Gasteiger partial charge < -0.3 is 9.52 Å². The van der Waals surface area contributed by atoms with E-state index in [2.05, 4.69) is 15.9 Å². The first-order chi connectivity index (χ1) is 7.58. The lowest BCUT2D eigenvalue weighted by atomic mass is 10.1. The highest BCUT2D eigenvalue weighted by molar-refractivity contribution is 9.10. The summed E-state index contributed by atoms with van der Waals surface area (Å²) >= 11 is 3.38. The summed E-state index contributed by atoms with van der Waals surface area (Å²) in [4.78, 5) is 10.4. The molecule has 0 bridgehead atoms. The van der Waals surface area contributed by atoms with E-state index in [4.69, 9.17) is 9.52 Å². The lowest BCUT2D eigenvalue weighted by Gasteiger charge is -1.90. The third-order valence-electron chi connectivity index (χ3n) is 2.31. The maximum atomic E-state index is 10.4. The van der Waals surface area contributed by atoms with Gasteiger partial charge in [0.05, 0.1) is 0 Å². The summed E-state index contributed by atoms with van der Waals surface area (Å²) in [5.74, 6) is -0.406. The number of hydrogen-bond acceptors (Lipinski definition) is 2. The van der Waals surface area contributed by atoms with Gasteiger partial charge in [0.25, 0.3) is 0 Å². The van der Waals surface area contributed by atoms with E-state index < -0.39 is 5.97 Å². The normalized spacial score (nSPS) is 11.4. The van der Waals surface area contributed by atoms with Crippen LogP contribution in [0.3, 0.4) is 0 Å². The highest BCUT2D eigenvalue weighted by Gasteiger charge is 2.08. The third kappa shape index (κ3) is 2.02. The second-order valence-corrected chi connectivity index (χ2v) is 4.32. The van der Waals surface area contributed by atoms with Crippen molar-refractivity contribution < 1.29 is 14.3 Å². The smallest absolute Gasteiger partial charge is 0.328 e. The van der Waals surface area contributed by atoms with Gasteiger partial charge in [0, 0.05) is 21.5 Å². The second-order valence-electron chi connectivity index (χ2n) is 3.40. The number of carboxylic acids is 1. The van der Waals surface area contributed by atoms with Gasteiger partial charge in [-0.2, -0.15) is 0 Å². The molecule has 1 heterocycles. The Morgan fingerprint density at radius 1 is 1.50 bits per heavy atom. The van der Waals surface area contributed by atoms with Crippen LogP contribution in [0.5, 0.6) is 0 Å². The largest absolute Gasteiger partial charge is 0.478 e. The first kappa shape index (κ1) is 11.0. The topological polar surface area (TPSA) is 50.4 Å². The molecule has 2 rings (SSSR count). The van der Waals surface area contributed by atoms with Crippen molar-refractivity contribution in [3.05, 3.63) is 40.1 Å². The Hall–Kier alpha value is -1.55. The molecule has 0 spiro atoms. The minimum absolute atomic E-state index is 0.579. The SMILES string of the molecule is Cc1c(C=CC(=O)O)oc2ccc(Br)cc12. The van der Waals surface area contributed by atoms with E-state index in [1.165, 1.54) is 6.08 Å². The molecule has 0 aliphatic heterocycles.